The first kappa shape index (κ1) is 9.45. The van der Waals surface area contributed by atoms with Gasteiger partial charge in [-0.25, -0.2) is 6.57 Å². The van der Waals surface area contributed by atoms with Crippen LogP contribution in [0.4, 0.5) is 0 Å². The minimum Gasteiger partial charge on any atom is -0.330 e. The lowest BCUT2D eigenvalue weighted by atomic mass is 10.1. The van der Waals surface area contributed by atoms with Gasteiger partial charge in [0.15, 0.2) is 0 Å². The Morgan fingerprint density at radius 2 is 1.60 bits per heavy atom. The van der Waals surface area contributed by atoms with Crippen molar-refractivity contribution in [3.8, 4) is 0 Å². The molecule has 0 heterocycles. The van der Waals surface area contributed by atoms with E-state index in [0.717, 1.165) is 19.4 Å². The highest BCUT2D eigenvalue weighted by molar-refractivity contribution is 4.57. The highest BCUT2D eigenvalue weighted by Gasteiger charge is 1.89. The van der Waals surface area contributed by atoms with E-state index in [9.17, 15) is 0 Å². The minimum absolute atomic E-state index is 0.697. The maximum absolute atomic E-state index is 6.52. The van der Waals surface area contributed by atoms with E-state index in [0.29, 0.717) is 6.54 Å². The van der Waals surface area contributed by atoms with Gasteiger partial charge >= 0.3 is 0 Å². The quantitative estimate of drug-likeness (QED) is 0.442. The molecule has 0 spiro atoms. The minimum atomic E-state index is 0.697. The number of nitrogens with zero attached hydrogens (tertiary/aromatic N) is 1. The lowest BCUT2D eigenvalue weighted by Gasteiger charge is -1.94. The second-order valence-corrected chi connectivity index (χ2v) is 2.44. The van der Waals surface area contributed by atoms with Crippen molar-refractivity contribution in [3.63, 3.8) is 0 Å². The maximum Gasteiger partial charge on any atom is 0.214 e. The zero-order valence-electron chi connectivity index (χ0n) is 6.47. The van der Waals surface area contributed by atoms with Crippen molar-refractivity contribution in [1.29, 1.82) is 0 Å². The first-order valence-corrected chi connectivity index (χ1v) is 3.95. The fraction of sp³-hybridized carbons (Fsp3) is 0.875. The molecule has 0 aromatic heterocycles. The van der Waals surface area contributed by atoms with Crippen molar-refractivity contribution < 1.29 is 0 Å². The highest BCUT2D eigenvalue weighted by atomic mass is 14.6. The van der Waals surface area contributed by atoms with Gasteiger partial charge in [0.2, 0.25) is 6.54 Å². The number of hydrogen-bond donors (Lipinski definition) is 1. The second kappa shape index (κ2) is 8.45. The summed E-state index contributed by atoms with van der Waals surface area (Å²) >= 11 is 0. The second-order valence-electron chi connectivity index (χ2n) is 2.44. The first-order chi connectivity index (χ1) is 4.91. The summed E-state index contributed by atoms with van der Waals surface area (Å²) in [6.45, 7) is 8.03. The topological polar surface area (TPSA) is 30.4 Å². The molecule has 0 amide bonds. The summed E-state index contributed by atoms with van der Waals surface area (Å²) in [5, 5.41) is 0. The molecular formula is C8H16N2. The molecule has 2 N–H and O–H groups in total. The van der Waals surface area contributed by atoms with Gasteiger partial charge < -0.3 is 10.6 Å². The molecule has 0 bridgehead atoms. The molecule has 0 aliphatic rings. The van der Waals surface area contributed by atoms with Crippen LogP contribution in [0.25, 0.3) is 4.85 Å². The molecular weight excluding hydrogens is 124 g/mol. The fourth-order valence-electron chi connectivity index (χ4n) is 0.866. The van der Waals surface area contributed by atoms with E-state index in [4.69, 9.17) is 12.3 Å². The van der Waals surface area contributed by atoms with Gasteiger partial charge in [0.1, 0.15) is 0 Å². The fourth-order valence-corrected chi connectivity index (χ4v) is 0.866. The van der Waals surface area contributed by atoms with Crippen molar-refractivity contribution in [2.24, 2.45) is 5.73 Å². The molecule has 58 valence electrons. The van der Waals surface area contributed by atoms with Gasteiger partial charge in [-0.3, -0.25) is 0 Å². The summed E-state index contributed by atoms with van der Waals surface area (Å²) in [7, 11) is 0. The van der Waals surface area contributed by atoms with Crippen molar-refractivity contribution in [3.05, 3.63) is 11.4 Å². The summed E-state index contributed by atoms with van der Waals surface area (Å²) in [6.07, 6.45) is 5.87. The molecule has 0 saturated heterocycles. The van der Waals surface area contributed by atoms with Gasteiger partial charge in [-0.05, 0) is 19.4 Å². The zero-order chi connectivity index (χ0) is 7.66. The third-order valence-corrected chi connectivity index (χ3v) is 1.47. The molecule has 0 radical (unpaired) electrons. The Morgan fingerprint density at radius 3 is 2.20 bits per heavy atom. The number of rotatable bonds is 6. The molecule has 10 heavy (non-hydrogen) atoms. The largest absolute Gasteiger partial charge is 0.330 e. The Kier molecular flexibility index (Phi) is 7.99. The zero-order valence-corrected chi connectivity index (χ0v) is 6.47. The average Bonchev–Trinajstić information content (AvgIpc) is 1.97. The monoisotopic (exact) mass is 140 g/mol. The number of hydrogen-bond acceptors (Lipinski definition) is 1. The molecule has 0 atom stereocenters. The first-order valence-electron chi connectivity index (χ1n) is 3.95. The Labute approximate surface area is 63.2 Å². The van der Waals surface area contributed by atoms with Gasteiger partial charge in [0.05, 0.1) is 0 Å². The third-order valence-electron chi connectivity index (χ3n) is 1.47. The van der Waals surface area contributed by atoms with Crippen LogP contribution in [0, 0.1) is 6.57 Å². The van der Waals surface area contributed by atoms with Crippen LogP contribution in [-0.2, 0) is 0 Å². The van der Waals surface area contributed by atoms with Crippen LogP contribution in [-0.4, -0.2) is 13.1 Å². The normalized spacial score (nSPS) is 9.20. The van der Waals surface area contributed by atoms with Gasteiger partial charge in [0.25, 0.3) is 0 Å². The van der Waals surface area contributed by atoms with Gasteiger partial charge in [-0.2, -0.15) is 0 Å². The molecule has 2 nitrogen and oxygen atoms in total. The molecule has 0 aromatic rings. The Morgan fingerprint density at radius 1 is 1.00 bits per heavy atom. The van der Waals surface area contributed by atoms with Gasteiger partial charge in [-0.15, -0.1) is 0 Å². The van der Waals surface area contributed by atoms with Crippen molar-refractivity contribution in [2.45, 2.75) is 32.1 Å². The van der Waals surface area contributed by atoms with Crippen molar-refractivity contribution >= 4 is 0 Å². The Hall–Kier alpha value is -0.550. The summed E-state index contributed by atoms with van der Waals surface area (Å²) in [5.74, 6) is 0. The van der Waals surface area contributed by atoms with E-state index >= 15 is 0 Å². The van der Waals surface area contributed by atoms with Crippen molar-refractivity contribution in [1.82, 2.24) is 0 Å². The maximum atomic E-state index is 6.52. The van der Waals surface area contributed by atoms with E-state index in [1.807, 2.05) is 0 Å². The Balaban J connectivity index is 2.72. The SMILES string of the molecule is [C-]#[N+]CCCCCCCN. The molecule has 0 rings (SSSR count). The molecule has 0 aliphatic heterocycles. The number of nitrogens with two attached hydrogens (primary N) is 1. The Bertz CT molecular complexity index is 93.9. The molecule has 0 aliphatic carbocycles. The van der Waals surface area contributed by atoms with Crippen LogP contribution in [0.3, 0.4) is 0 Å². The van der Waals surface area contributed by atoms with E-state index in [2.05, 4.69) is 4.85 Å². The predicted molar refractivity (Wildman–Crippen MR) is 43.6 cm³/mol. The van der Waals surface area contributed by atoms with E-state index < -0.39 is 0 Å². The van der Waals surface area contributed by atoms with E-state index in [1.54, 1.807) is 0 Å². The summed E-state index contributed by atoms with van der Waals surface area (Å²) in [4.78, 5) is 3.28. The predicted octanol–water partition coefficient (Wildman–Crippen LogP) is 1.81. The van der Waals surface area contributed by atoms with Crippen LogP contribution < -0.4 is 5.73 Å². The van der Waals surface area contributed by atoms with Crippen LogP contribution in [0.5, 0.6) is 0 Å². The number of unbranched alkanes of at least 4 members (excludes halogenated alkanes) is 4. The highest BCUT2D eigenvalue weighted by Crippen LogP contribution is 2.01. The van der Waals surface area contributed by atoms with Gasteiger partial charge in [-0.1, -0.05) is 12.8 Å². The standard InChI is InChI=1S/C8H16N2/c1-10-8-6-4-2-3-5-7-9/h2-9H2. The van der Waals surface area contributed by atoms with Crippen molar-refractivity contribution in [2.75, 3.05) is 13.1 Å². The molecule has 0 fully saturated rings. The lowest BCUT2D eigenvalue weighted by Crippen LogP contribution is -1.97. The van der Waals surface area contributed by atoms with Crippen LogP contribution in [0.1, 0.15) is 32.1 Å². The van der Waals surface area contributed by atoms with Crippen LogP contribution in [0.15, 0.2) is 0 Å². The smallest absolute Gasteiger partial charge is 0.214 e. The average molecular weight is 140 g/mol. The van der Waals surface area contributed by atoms with E-state index in [-0.39, 0.29) is 0 Å². The molecule has 0 unspecified atom stereocenters. The van der Waals surface area contributed by atoms with Gasteiger partial charge in [0, 0.05) is 6.42 Å². The lowest BCUT2D eigenvalue weighted by molar-refractivity contribution is 0.633. The van der Waals surface area contributed by atoms with Crippen LogP contribution in [0.2, 0.25) is 0 Å². The molecule has 2 heteroatoms. The third kappa shape index (κ3) is 7.45. The van der Waals surface area contributed by atoms with E-state index in [1.165, 1.54) is 19.3 Å². The summed E-state index contributed by atoms with van der Waals surface area (Å²) < 4.78 is 0. The summed E-state index contributed by atoms with van der Waals surface area (Å²) in [6, 6.07) is 0. The molecule has 0 aromatic carbocycles. The van der Waals surface area contributed by atoms with Crippen LogP contribution >= 0.6 is 0 Å². The summed E-state index contributed by atoms with van der Waals surface area (Å²) in [5.41, 5.74) is 5.32. The molecule has 0 saturated carbocycles.